The van der Waals surface area contributed by atoms with Crippen LogP contribution in [0.3, 0.4) is 0 Å². The Morgan fingerprint density at radius 1 is 1.30 bits per heavy atom. The first-order valence-electron chi connectivity index (χ1n) is 3.17. The van der Waals surface area contributed by atoms with Crippen LogP contribution in [0.4, 0.5) is 11.4 Å². The molecule has 52 valence electrons. The van der Waals surface area contributed by atoms with Gasteiger partial charge in [0.05, 0.1) is 5.69 Å². The van der Waals surface area contributed by atoms with Gasteiger partial charge in [-0.2, -0.15) is 0 Å². The van der Waals surface area contributed by atoms with Crippen LogP contribution in [-0.2, 0) is 0 Å². The van der Waals surface area contributed by atoms with E-state index in [1.165, 1.54) is 0 Å². The quantitative estimate of drug-likeness (QED) is 0.463. The molecule has 2 heteroatoms. The Kier molecular flexibility index (Phi) is 2.05. The fourth-order valence-electron chi connectivity index (χ4n) is 0.709. The summed E-state index contributed by atoms with van der Waals surface area (Å²) in [6.45, 7) is 1.89. The Bertz CT molecular complexity index is 224. The van der Waals surface area contributed by atoms with Gasteiger partial charge in [0, 0.05) is 11.9 Å². The first kappa shape index (κ1) is 6.81. The van der Waals surface area contributed by atoms with Gasteiger partial charge in [0.25, 0.3) is 0 Å². The first-order valence-corrected chi connectivity index (χ1v) is 3.17. The molecule has 0 radical (unpaired) electrons. The molecule has 0 aromatic heterocycles. The standard InChI is InChI=1S/C8H10N2/c1-2-10-8-5-3-7(9)4-6-8/h2-6H,9H2,1H3/b10-2+. The van der Waals surface area contributed by atoms with Gasteiger partial charge >= 0.3 is 0 Å². The molecule has 10 heavy (non-hydrogen) atoms. The highest BCUT2D eigenvalue weighted by Crippen LogP contribution is 2.12. The first-order chi connectivity index (χ1) is 4.83. The van der Waals surface area contributed by atoms with Crippen molar-refractivity contribution in [1.29, 1.82) is 0 Å². The van der Waals surface area contributed by atoms with Crippen molar-refractivity contribution in [3.8, 4) is 0 Å². The normalized spacial score (nSPS) is 10.5. The number of nitrogens with zero attached hydrogens (tertiary/aromatic N) is 1. The van der Waals surface area contributed by atoms with E-state index >= 15 is 0 Å². The summed E-state index contributed by atoms with van der Waals surface area (Å²) in [5.41, 5.74) is 7.19. The number of anilines is 1. The molecule has 2 N–H and O–H groups in total. The van der Waals surface area contributed by atoms with E-state index in [0.29, 0.717) is 0 Å². The third kappa shape index (κ3) is 1.58. The second kappa shape index (κ2) is 3.01. The van der Waals surface area contributed by atoms with Crippen molar-refractivity contribution < 1.29 is 0 Å². The van der Waals surface area contributed by atoms with Crippen molar-refractivity contribution in [2.75, 3.05) is 5.73 Å². The number of hydrogen-bond acceptors (Lipinski definition) is 2. The fourth-order valence-corrected chi connectivity index (χ4v) is 0.709. The van der Waals surface area contributed by atoms with Crippen molar-refractivity contribution in [3.05, 3.63) is 24.3 Å². The van der Waals surface area contributed by atoms with Gasteiger partial charge in [-0.15, -0.1) is 0 Å². The molecule has 0 unspecified atom stereocenters. The van der Waals surface area contributed by atoms with E-state index in [2.05, 4.69) is 4.99 Å². The lowest BCUT2D eigenvalue weighted by Gasteiger charge is -1.92. The van der Waals surface area contributed by atoms with E-state index in [4.69, 9.17) is 5.73 Å². The molecule has 1 aromatic carbocycles. The smallest absolute Gasteiger partial charge is 0.0627 e. The predicted octanol–water partition coefficient (Wildman–Crippen LogP) is 1.99. The molecule has 0 spiro atoms. The molecular weight excluding hydrogens is 124 g/mol. The Morgan fingerprint density at radius 3 is 2.40 bits per heavy atom. The highest BCUT2D eigenvalue weighted by Gasteiger charge is 1.84. The monoisotopic (exact) mass is 134 g/mol. The lowest BCUT2D eigenvalue weighted by Crippen LogP contribution is -1.80. The molecule has 0 heterocycles. The molecule has 0 saturated carbocycles. The Morgan fingerprint density at radius 2 is 1.90 bits per heavy atom. The van der Waals surface area contributed by atoms with E-state index in [0.717, 1.165) is 11.4 Å². The number of aliphatic imine (C=N–C) groups is 1. The molecule has 0 atom stereocenters. The van der Waals surface area contributed by atoms with E-state index in [-0.39, 0.29) is 0 Å². The van der Waals surface area contributed by atoms with Gasteiger partial charge in [0.2, 0.25) is 0 Å². The summed E-state index contributed by atoms with van der Waals surface area (Å²) >= 11 is 0. The van der Waals surface area contributed by atoms with Gasteiger partial charge in [0.1, 0.15) is 0 Å². The van der Waals surface area contributed by atoms with Crippen LogP contribution in [0.15, 0.2) is 29.3 Å². The zero-order valence-corrected chi connectivity index (χ0v) is 5.91. The maximum atomic E-state index is 5.47. The van der Waals surface area contributed by atoms with Crippen molar-refractivity contribution in [3.63, 3.8) is 0 Å². The van der Waals surface area contributed by atoms with Crippen molar-refractivity contribution in [2.45, 2.75) is 6.92 Å². The Hall–Kier alpha value is -1.31. The molecule has 0 fully saturated rings. The van der Waals surface area contributed by atoms with Crippen molar-refractivity contribution >= 4 is 17.6 Å². The molecule has 1 rings (SSSR count). The summed E-state index contributed by atoms with van der Waals surface area (Å²) in [4.78, 5) is 4.07. The summed E-state index contributed by atoms with van der Waals surface area (Å²) in [7, 11) is 0. The topological polar surface area (TPSA) is 38.4 Å². The van der Waals surface area contributed by atoms with Gasteiger partial charge in [-0.1, -0.05) is 0 Å². The van der Waals surface area contributed by atoms with Crippen molar-refractivity contribution in [1.82, 2.24) is 0 Å². The summed E-state index contributed by atoms with van der Waals surface area (Å²) < 4.78 is 0. The number of nitrogens with two attached hydrogens (primary N) is 1. The lowest BCUT2D eigenvalue weighted by molar-refractivity contribution is 1.53. The van der Waals surface area contributed by atoms with Gasteiger partial charge in [0.15, 0.2) is 0 Å². The van der Waals surface area contributed by atoms with Gasteiger partial charge < -0.3 is 5.73 Å². The highest BCUT2D eigenvalue weighted by atomic mass is 14.7. The second-order valence-corrected chi connectivity index (χ2v) is 1.98. The molecule has 0 saturated heterocycles. The largest absolute Gasteiger partial charge is 0.399 e. The van der Waals surface area contributed by atoms with Gasteiger partial charge in [-0.25, -0.2) is 0 Å². The summed E-state index contributed by atoms with van der Waals surface area (Å²) in [5.74, 6) is 0. The predicted molar refractivity (Wildman–Crippen MR) is 44.7 cm³/mol. The van der Waals surface area contributed by atoms with Crippen LogP contribution in [0.25, 0.3) is 0 Å². The van der Waals surface area contributed by atoms with Crippen LogP contribution in [-0.4, -0.2) is 6.21 Å². The van der Waals surface area contributed by atoms with Gasteiger partial charge in [-0.3, -0.25) is 4.99 Å². The van der Waals surface area contributed by atoms with Crippen LogP contribution in [0.5, 0.6) is 0 Å². The minimum absolute atomic E-state index is 0.773. The Labute approximate surface area is 60.4 Å². The van der Waals surface area contributed by atoms with Crippen LogP contribution in [0.1, 0.15) is 6.92 Å². The molecule has 1 aromatic rings. The molecule has 2 nitrogen and oxygen atoms in total. The molecule has 0 aliphatic carbocycles. The molecule has 0 amide bonds. The average molecular weight is 134 g/mol. The van der Waals surface area contributed by atoms with E-state index < -0.39 is 0 Å². The Balaban J connectivity index is 2.89. The third-order valence-corrected chi connectivity index (χ3v) is 1.17. The number of hydrogen-bond donors (Lipinski definition) is 1. The summed E-state index contributed by atoms with van der Waals surface area (Å²) in [5, 5.41) is 0. The minimum Gasteiger partial charge on any atom is -0.399 e. The average Bonchev–Trinajstić information content (AvgIpc) is 1.95. The number of nitrogen functional groups attached to an aromatic ring is 1. The van der Waals surface area contributed by atoms with E-state index in [1.54, 1.807) is 6.21 Å². The summed E-state index contributed by atoms with van der Waals surface area (Å²) in [6.07, 6.45) is 1.76. The fraction of sp³-hybridized carbons (Fsp3) is 0.125. The molecule has 0 bridgehead atoms. The minimum atomic E-state index is 0.773. The van der Waals surface area contributed by atoms with Crippen LogP contribution >= 0.6 is 0 Å². The molecular formula is C8H10N2. The van der Waals surface area contributed by atoms with Crippen LogP contribution in [0.2, 0.25) is 0 Å². The van der Waals surface area contributed by atoms with Crippen molar-refractivity contribution in [2.24, 2.45) is 4.99 Å². The maximum absolute atomic E-state index is 5.47. The number of benzene rings is 1. The van der Waals surface area contributed by atoms with Gasteiger partial charge in [-0.05, 0) is 31.2 Å². The molecule has 0 aliphatic rings. The molecule has 0 aliphatic heterocycles. The second-order valence-electron chi connectivity index (χ2n) is 1.98. The maximum Gasteiger partial charge on any atom is 0.0627 e. The summed E-state index contributed by atoms with van der Waals surface area (Å²) in [6, 6.07) is 7.44. The number of rotatable bonds is 1. The zero-order chi connectivity index (χ0) is 7.40. The third-order valence-electron chi connectivity index (χ3n) is 1.17. The van der Waals surface area contributed by atoms with E-state index in [1.807, 2.05) is 31.2 Å². The van der Waals surface area contributed by atoms with E-state index in [9.17, 15) is 0 Å². The lowest BCUT2D eigenvalue weighted by atomic mass is 10.3. The van der Waals surface area contributed by atoms with Crippen LogP contribution in [0, 0.1) is 0 Å². The zero-order valence-electron chi connectivity index (χ0n) is 5.91. The highest BCUT2D eigenvalue weighted by molar-refractivity contribution is 5.61. The van der Waals surface area contributed by atoms with Crippen LogP contribution < -0.4 is 5.73 Å². The SMILES string of the molecule is C/C=N/c1ccc(N)cc1.